The number of imide groups is 2. The van der Waals surface area contributed by atoms with Crippen molar-refractivity contribution in [1.29, 1.82) is 0 Å². The minimum absolute atomic E-state index is 0.229. The van der Waals surface area contributed by atoms with E-state index < -0.39 is 23.8 Å². The largest absolute Gasteiger partial charge is 0.490 e. The first-order valence-electron chi connectivity index (χ1n) is 10.2. The number of carbonyl (C=O) groups excluding carboxylic acids is 4. The van der Waals surface area contributed by atoms with Gasteiger partial charge in [0.05, 0.1) is 18.9 Å². The number of hydrogen-bond donors (Lipinski definition) is 1. The second-order valence-corrected chi connectivity index (χ2v) is 8.55. The van der Waals surface area contributed by atoms with Crippen molar-refractivity contribution >= 4 is 67.4 Å². The number of barbiturate groups is 1. The number of urea groups is 1. The van der Waals surface area contributed by atoms with Crippen LogP contribution in [0.4, 0.5) is 10.5 Å². The van der Waals surface area contributed by atoms with Crippen LogP contribution < -0.4 is 19.7 Å². The highest BCUT2D eigenvalue weighted by atomic mass is 79.9. The fraction of sp³-hybridized carbons (Fsp3) is 0.217. The molecule has 4 amide bonds. The van der Waals surface area contributed by atoms with Crippen LogP contribution in [0, 0.1) is 0 Å². The molecule has 1 N–H and O–H groups in total. The van der Waals surface area contributed by atoms with Crippen molar-refractivity contribution in [1.82, 2.24) is 5.32 Å². The number of nitrogens with one attached hydrogen (secondary N) is 1. The maximum Gasteiger partial charge on any atom is 0.344 e. The van der Waals surface area contributed by atoms with Crippen molar-refractivity contribution in [2.75, 3.05) is 24.7 Å². The van der Waals surface area contributed by atoms with Crippen LogP contribution in [0.5, 0.6) is 11.5 Å². The van der Waals surface area contributed by atoms with Gasteiger partial charge in [-0.15, -0.1) is 0 Å². The van der Waals surface area contributed by atoms with Gasteiger partial charge in [-0.2, -0.15) is 0 Å². The highest BCUT2D eigenvalue weighted by molar-refractivity contribution is 9.10. The first-order chi connectivity index (χ1) is 16.2. The van der Waals surface area contributed by atoms with Crippen LogP contribution in [0.3, 0.4) is 0 Å². The lowest BCUT2D eigenvalue weighted by Gasteiger charge is -2.26. The van der Waals surface area contributed by atoms with E-state index >= 15 is 0 Å². The van der Waals surface area contributed by atoms with Gasteiger partial charge in [-0.05, 0) is 61.9 Å². The molecule has 0 aromatic heterocycles. The lowest BCUT2D eigenvalue weighted by molar-refractivity contribution is -0.145. The number of hydrogen-bond acceptors (Lipinski definition) is 7. The maximum atomic E-state index is 13.1. The van der Waals surface area contributed by atoms with Gasteiger partial charge in [-0.25, -0.2) is 14.5 Å². The van der Waals surface area contributed by atoms with E-state index in [-0.39, 0.29) is 24.5 Å². The standard InChI is InChI=1S/C23H20Br2N2O7/c1-3-32-18-10-13(17(25)11-19(18)34-12-20(28)33-4-2)9-16-21(29)26-23(31)27(22(16)30)15-7-5-14(24)6-8-15/h5-11H,3-4,12H2,1-2H3,(H,26,29,31)/b16-9+. The van der Waals surface area contributed by atoms with Crippen molar-refractivity contribution in [2.24, 2.45) is 0 Å². The van der Waals surface area contributed by atoms with Crippen molar-refractivity contribution < 1.29 is 33.4 Å². The van der Waals surface area contributed by atoms with Crippen LogP contribution in [-0.2, 0) is 19.1 Å². The molecule has 0 saturated carbocycles. The Kier molecular flexibility index (Phi) is 8.46. The number of benzene rings is 2. The van der Waals surface area contributed by atoms with Gasteiger partial charge in [0, 0.05) is 8.95 Å². The lowest BCUT2D eigenvalue weighted by atomic mass is 10.1. The summed E-state index contributed by atoms with van der Waals surface area (Å²) < 4.78 is 17.2. The highest BCUT2D eigenvalue weighted by Crippen LogP contribution is 2.35. The minimum Gasteiger partial charge on any atom is -0.490 e. The topological polar surface area (TPSA) is 111 Å². The molecule has 3 rings (SSSR count). The summed E-state index contributed by atoms with van der Waals surface area (Å²) in [5.74, 6) is -1.56. The predicted molar refractivity (Wildman–Crippen MR) is 131 cm³/mol. The summed E-state index contributed by atoms with van der Waals surface area (Å²) in [6, 6.07) is 8.78. The summed E-state index contributed by atoms with van der Waals surface area (Å²) in [5.41, 5.74) is 0.488. The molecule has 0 atom stereocenters. The van der Waals surface area contributed by atoms with Gasteiger partial charge in [0.1, 0.15) is 5.57 Å². The summed E-state index contributed by atoms with van der Waals surface area (Å²) >= 11 is 6.69. The highest BCUT2D eigenvalue weighted by Gasteiger charge is 2.37. The average molecular weight is 596 g/mol. The van der Waals surface area contributed by atoms with Gasteiger partial charge in [0.15, 0.2) is 18.1 Å². The zero-order valence-electron chi connectivity index (χ0n) is 18.2. The lowest BCUT2D eigenvalue weighted by Crippen LogP contribution is -2.54. The summed E-state index contributed by atoms with van der Waals surface area (Å²) in [4.78, 5) is 50.5. The number of esters is 1. The van der Waals surface area contributed by atoms with Gasteiger partial charge < -0.3 is 14.2 Å². The number of halogens is 2. The molecule has 0 bridgehead atoms. The smallest absolute Gasteiger partial charge is 0.344 e. The normalized spacial score (nSPS) is 14.8. The molecule has 34 heavy (non-hydrogen) atoms. The second kappa shape index (κ2) is 11.3. The Labute approximate surface area is 212 Å². The van der Waals surface area contributed by atoms with E-state index in [0.29, 0.717) is 28.1 Å². The number of carbonyl (C=O) groups is 4. The van der Waals surface area contributed by atoms with Gasteiger partial charge in [0.25, 0.3) is 11.8 Å². The zero-order valence-corrected chi connectivity index (χ0v) is 21.4. The molecule has 178 valence electrons. The Bertz CT molecular complexity index is 1160. The molecule has 1 fully saturated rings. The average Bonchev–Trinajstić information content (AvgIpc) is 2.78. The third-order valence-electron chi connectivity index (χ3n) is 4.50. The number of nitrogens with zero attached hydrogens (tertiary/aromatic N) is 1. The molecule has 0 aliphatic carbocycles. The van der Waals surface area contributed by atoms with E-state index in [1.807, 2.05) is 0 Å². The van der Waals surface area contributed by atoms with Crippen molar-refractivity contribution in [3.63, 3.8) is 0 Å². The monoisotopic (exact) mass is 594 g/mol. The van der Waals surface area contributed by atoms with E-state index in [0.717, 1.165) is 9.37 Å². The van der Waals surface area contributed by atoms with Crippen molar-refractivity contribution in [3.8, 4) is 11.5 Å². The molecule has 0 spiro atoms. The summed E-state index contributed by atoms with van der Waals surface area (Å²) in [7, 11) is 0. The first-order valence-corrected chi connectivity index (χ1v) is 11.8. The summed E-state index contributed by atoms with van der Waals surface area (Å²) in [6.07, 6.45) is 1.34. The fourth-order valence-electron chi connectivity index (χ4n) is 3.02. The van der Waals surface area contributed by atoms with Crippen molar-refractivity contribution in [3.05, 3.63) is 56.5 Å². The van der Waals surface area contributed by atoms with E-state index in [2.05, 4.69) is 37.2 Å². The summed E-state index contributed by atoms with van der Waals surface area (Å²) in [6.45, 7) is 3.68. The number of rotatable bonds is 8. The Morgan fingerprint density at radius 3 is 2.32 bits per heavy atom. The molecule has 1 aliphatic rings. The van der Waals surface area contributed by atoms with Gasteiger partial charge in [-0.3, -0.25) is 14.9 Å². The minimum atomic E-state index is -0.841. The SMILES string of the molecule is CCOC(=O)COc1cc(Br)c(/C=C2\C(=O)NC(=O)N(c3ccc(Br)cc3)C2=O)cc1OCC. The van der Waals surface area contributed by atoms with E-state index in [1.54, 1.807) is 50.2 Å². The molecule has 9 nitrogen and oxygen atoms in total. The molecule has 1 saturated heterocycles. The van der Waals surface area contributed by atoms with E-state index in [4.69, 9.17) is 14.2 Å². The van der Waals surface area contributed by atoms with Crippen LogP contribution in [0.2, 0.25) is 0 Å². The molecule has 1 heterocycles. The Balaban J connectivity index is 1.96. The third-order valence-corrected chi connectivity index (χ3v) is 5.72. The van der Waals surface area contributed by atoms with Crippen LogP contribution in [0.15, 0.2) is 50.9 Å². The Morgan fingerprint density at radius 1 is 1.00 bits per heavy atom. The first kappa shape index (κ1) is 25.4. The summed E-state index contributed by atoms with van der Waals surface area (Å²) in [5, 5.41) is 2.18. The molecule has 1 aliphatic heterocycles. The Morgan fingerprint density at radius 2 is 1.68 bits per heavy atom. The van der Waals surface area contributed by atoms with E-state index in [9.17, 15) is 19.2 Å². The zero-order chi connectivity index (χ0) is 24.8. The molecule has 0 unspecified atom stereocenters. The molecular formula is C23H20Br2N2O7. The van der Waals surface area contributed by atoms with Crippen molar-refractivity contribution in [2.45, 2.75) is 13.8 Å². The second-order valence-electron chi connectivity index (χ2n) is 6.78. The number of ether oxygens (including phenoxy) is 3. The van der Waals surface area contributed by atoms with Gasteiger partial charge >= 0.3 is 12.0 Å². The van der Waals surface area contributed by atoms with Crippen LogP contribution in [0.1, 0.15) is 19.4 Å². The third kappa shape index (κ3) is 5.84. The van der Waals surface area contributed by atoms with Crippen LogP contribution >= 0.6 is 31.9 Å². The quantitative estimate of drug-likeness (QED) is 0.276. The molecule has 2 aromatic rings. The Hall–Kier alpha value is -3.18. The van der Waals surface area contributed by atoms with E-state index in [1.165, 1.54) is 6.08 Å². The number of amides is 4. The van der Waals surface area contributed by atoms with Gasteiger partial charge in [0.2, 0.25) is 0 Å². The molecule has 0 radical (unpaired) electrons. The van der Waals surface area contributed by atoms with Crippen LogP contribution in [-0.4, -0.2) is 43.6 Å². The molecule has 11 heteroatoms. The molecule has 2 aromatic carbocycles. The molecular weight excluding hydrogens is 576 g/mol. The van der Waals surface area contributed by atoms with Gasteiger partial charge in [-0.1, -0.05) is 31.9 Å². The van der Waals surface area contributed by atoms with Crippen LogP contribution in [0.25, 0.3) is 6.08 Å². The maximum absolute atomic E-state index is 13.1. The number of anilines is 1. The fourth-order valence-corrected chi connectivity index (χ4v) is 3.72. The predicted octanol–water partition coefficient (Wildman–Crippen LogP) is 4.22.